The Morgan fingerprint density at radius 2 is 1.64 bits per heavy atom. The molecule has 0 heterocycles. The van der Waals surface area contributed by atoms with Gasteiger partial charge >= 0.3 is 0 Å². The van der Waals surface area contributed by atoms with Gasteiger partial charge in [0.2, 0.25) is 0 Å². The van der Waals surface area contributed by atoms with Crippen LogP contribution in [0.2, 0.25) is 0 Å². The van der Waals surface area contributed by atoms with Gasteiger partial charge in [-0.05, 0) is 25.2 Å². The Kier molecular flexibility index (Phi) is 7.83. The summed E-state index contributed by atoms with van der Waals surface area (Å²) < 4.78 is 0. The van der Waals surface area contributed by atoms with E-state index in [1.54, 1.807) is 6.92 Å². The van der Waals surface area contributed by atoms with E-state index in [9.17, 15) is 4.79 Å². The van der Waals surface area contributed by atoms with Crippen molar-refractivity contribution < 1.29 is 4.79 Å². The molecule has 0 spiro atoms. The van der Waals surface area contributed by atoms with Crippen molar-refractivity contribution >= 4 is 5.78 Å². The molecule has 0 fully saturated rings. The van der Waals surface area contributed by atoms with Crippen molar-refractivity contribution in [1.82, 2.24) is 0 Å². The number of carbonyl (C=O) groups excluding carboxylic acids is 1. The largest absolute Gasteiger partial charge is 0.300 e. The number of Topliss-reactive ketones (excluding diaryl/α,β-unsaturated/α-hetero) is 1. The Hall–Kier alpha value is -0.330. The third-order valence-corrected chi connectivity index (χ3v) is 3.19. The lowest BCUT2D eigenvalue weighted by molar-refractivity contribution is -0.117. The van der Waals surface area contributed by atoms with E-state index < -0.39 is 0 Å². The second-order valence-corrected chi connectivity index (χ2v) is 4.69. The molecule has 0 rings (SSSR count). The van der Waals surface area contributed by atoms with Crippen molar-refractivity contribution in [2.24, 2.45) is 11.8 Å². The van der Waals surface area contributed by atoms with Gasteiger partial charge in [0.15, 0.2) is 0 Å². The molecule has 0 amide bonds. The highest BCUT2D eigenvalue weighted by molar-refractivity contribution is 5.75. The smallest absolute Gasteiger partial charge is 0.129 e. The van der Waals surface area contributed by atoms with Crippen molar-refractivity contribution in [1.29, 1.82) is 0 Å². The number of ketones is 1. The molecule has 14 heavy (non-hydrogen) atoms. The molecule has 0 aromatic heterocycles. The van der Waals surface area contributed by atoms with Crippen molar-refractivity contribution in [3.8, 4) is 0 Å². The predicted octanol–water partition coefficient (Wildman–Crippen LogP) is 4.21. The van der Waals surface area contributed by atoms with E-state index in [4.69, 9.17) is 0 Å². The van der Waals surface area contributed by atoms with Crippen LogP contribution in [0.25, 0.3) is 0 Å². The van der Waals surface area contributed by atoms with E-state index in [2.05, 4.69) is 20.8 Å². The van der Waals surface area contributed by atoms with Crippen LogP contribution in [0.5, 0.6) is 0 Å². The van der Waals surface area contributed by atoms with Gasteiger partial charge in [-0.25, -0.2) is 0 Å². The average Bonchev–Trinajstić information content (AvgIpc) is 2.14. The second kappa shape index (κ2) is 8.02. The fourth-order valence-corrected chi connectivity index (χ4v) is 1.72. The molecule has 2 atom stereocenters. The van der Waals surface area contributed by atoms with Crippen LogP contribution in [0, 0.1) is 11.8 Å². The molecule has 0 radical (unpaired) electrons. The van der Waals surface area contributed by atoms with Crippen LogP contribution in [0.3, 0.4) is 0 Å². The molecule has 1 heteroatoms. The van der Waals surface area contributed by atoms with Gasteiger partial charge in [-0.15, -0.1) is 0 Å². The molecule has 0 aliphatic heterocycles. The fourth-order valence-electron chi connectivity index (χ4n) is 1.72. The maximum absolute atomic E-state index is 10.8. The Bertz CT molecular complexity index is 151. The molecule has 0 aliphatic carbocycles. The first-order valence-electron chi connectivity index (χ1n) is 6.07. The summed E-state index contributed by atoms with van der Waals surface area (Å²) in [5.74, 6) is 1.81. The molecule has 0 saturated heterocycles. The molecular formula is C13H26O. The van der Waals surface area contributed by atoms with Crippen LogP contribution in [0.15, 0.2) is 0 Å². The molecule has 0 N–H and O–H groups in total. The fraction of sp³-hybridized carbons (Fsp3) is 0.923. The maximum Gasteiger partial charge on any atom is 0.129 e. The number of rotatable bonds is 8. The second-order valence-electron chi connectivity index (χ2n) is 4.69. The lowest BCUT2D eigenvalue weighted by atomic mass is 9.87. The standard InChI is InChI=1S/C13H26O/c1-5-6-7-8-11(2)12(3)9-10-13(4)14/h11-12H,5-10H2,1-4H3. The number of hydrogen-bond acceptors (Lipinski definition) is 1. The minimum Gasteiger partial charge on any atom is -0.300 e. The van der Waals surface area contributed by atoms with Gasteiger partial charge in [-0.2, -0.15) is 0 Å². The van der Waals surface area contributed by atoms with E-state index in [-0.39, 0.29) is 0 Å². The highest BCUT2D eigenvalue weighted by atomic mass is 16.1. The van der Waals surface area contributed by atoms with E-state index in [1.165, 1.54) is 25.7 Å². The zero-order chi connectivity index (χ0) is 11.0. The summed E-state index contributed by atoms with van der Waals surface area (Å²) in [6, 6.07) is 0. The zero-order valence-electron chi connectivity index (χ0n) is 10.3. The molecular weight excluding hydrogens is 172 g/mol. The third-order valence-electron chi connectivity index (χ3n) is 3.19. The van der Waals surface area contributed by atoms with Gasteiger partial charge in [0.25, 0.3) is 0 Å². The zero-order valence-corrected chi connectivity index (χ0v) is 10.3. The first-order valence-corrected chi connectivity index (χ1v) is 6.07. The van der Waals surface area contributed by atoms with E-state index in [0.29, 0.717) is 11.7 Å². The molecule has 1 nitrogen and oxygen atoms in total. The molecule has 0 aromatic rings. The lowest BCUT2D eigenvalue weighted by Crippen LogP contribution is -2.09. The van der Waals surface area contributed by atoms with Crippen LogP contribution < -0.4 is 0 Å². The Morgan fingerprint density at radius 3 is 2.14 bits per heavy atom. The molecule has 0 aliphatic rings. The monoisotopic (exact) mass is 198 g/mol. The highest BCUT2D eigenvalue weighted by Crippen LogP contribution is 2.22. The molecule has 84 valence electrons. The van der Waals surface area contributed by atoms with Gasteiger partial charge in [-0.1, -0.05) is 46.5 Å². The van der Waals surface area contributed by atoms with E-state index >= 15 is 0 Å². The lowest BCUT2D eigenvalue weighted by Gasteiger charge is -2.19. The minimum absolute atomic E-state index is 0.331. The first kappa shape index (κ1) is 13.7. The Morgan fingerprint density at radius 1 is 1.07 bits per heavy atom. The molecule has 0 bridgehead atoms. The summed E-state index contributed by atoms with van der Waals surface area (Å²) in [5, 5.41) is 0. The molecule has 2 unspecified atom stereocenters. The van der Waals surface area contributed by atoms with E-state index in [1.807, 2.05) is 0 Å². The van der Waals surface area contributed by atoms with Crippen molar-refractivity contribution in [2.45, 2.75) is 66.2 Å². The summed E-state index contributed by atoms with van der Waals surface area (Å²) in [4.78, 5) is 10.8. The average molecular weight is 198 g/mol. The van der Waals surface area contributed by atoms with Crippen LogP contribution in [-0.2, 0) is 4.79 Å². The van der Waals surface area contributed by atoms with Gasteiger partial charge in [0, 0.05) is 6.42 Å². The normalized spacial score (nSPS) is 15.1. The SMILES string of the molecule is CCCCCC(C)C(C)CCC(C)=O. The van der Waals surface area contributed by atoms with Gasteiger partial charge < -0.3 is 4.79 Å². The maximum atomic E-state index is 10.8. The summed E-state index contributed by atoms with van der Waals surface area (Å²) in [5.41, 5.74) is 0. The van der Waals surface area contributed by atoms with Crippen LogP contribution in [0.4, 0.5) is 0 Å². The number of carbonyl (C=O) groups is 1. The molecule has 0 aromatic carbocycles. The number of unbranched alkanes of at least 4 members (excludes halogenated alkanes) is 2. The summed E-state index contributed by atoms with van der Waals surface area (Å²) in [7, 11) is 0. The van der Waals surface area contributed by atoms with Crippen molar-refractivity contribution in [2.75, 3.05) is 0 Å². The first-order chi connectivity index (χ1) is 6.57. The van der Waals surface area contributed by atoms with Crippen LogP contribution >= 0.6 is 0 Å². The van der Waals surface area contributed by atoms with Crippen molar-refractivity contribution in [3.05, 3.63) is 0 Å². The summed E-state index contributed by atoms with van der Waals surface area (Å²) >= 11 is 0. The molecule has 0 saturated carbocycles. The van der Waals surface area contributed by atoms with Crippen LogP contribution in [-0.4, -0.2) is 5.78 Å². The van der Waals surface area contributed by atoms with E-state index in [0.717, 1.165) is 18.8 Å². The van der Waals surface area contributed by atoms with Crippen LogP contribution in [0.1, 0.15) is 66.2 Å². The number of hydrogen-bond donors (Lipinski definition) is 0. The Balaban J connectivity index is 3.53. The van der Waals surface area contributed by atoms with Crippen molar-refractivity contribution in [3.63, 3.8) is 0 Å². The minimum atomic E-state index is 0.331. The highest BCUT2D eigenvalue weighted by Gasteiger charge is 2.12. The summed E-state index contributed by atoms with van der Waals surface area (Å²) in [6.07, 6.45) is 7.16. The predicted molar refractivity (Wildman–Crippen MR) is 62.4 cm³/mol. The quantitative estimate of drug-likeness (QED) is 0.534. The Labute approximate surface area is 89.3 Å². The van der Waals surface area contributed by atoms with Gasteiger partial charge in [0.05, 0.1) is 0 Å². The van der Waals surface area contributed by atoms with Gasteiger partial charge in [-0.3, -0.25) is 0 Å². The topological polar surface area (TPSA) is 17.1 Å². The van der Waals surface area contributed by atoms with Gasteiger partial charge in [0.1, 0.15) is 5.78 Å². The summed E-state index contributed by atoms with van der Waals surface area (Å²) in [6.45, 7) is 8.53. The third kappa shape index (κ3) is 7.11.